The minimum Gasteiger partial charge on any atom is -0.494 e. The molecule has 2 fully saturated rings. The van der Waals surface area contributed by atoms with Gasteiger partial charge in [-0.2, -0.15) is 0 Å². The molecule has 2 aliphatic rings. The molecule has 0 bridgehead atoms. The average molecular weight is 505 g/mol. The fraction of sp³-hybridized carbons (Fsp3) is 0.600. The fourth-order valence-corrected chi connectivity index (χ4v) is 6.00. The molecule has 0 unspecified atom stereocenters. The lowest BCUT2D eigenvalue weighted by atomic mass is 9.87. The van der Waals surface area contributed by atoms with Gasteiger partial charge in [0.2, 0.25) is 5.91 Å². The largest absolute Gasteiger partial charge is 0.494 e. The number of nitrogens with zero attached hydrogens (tertiary/aromatic N) is 4. The Hall–Kier alpha value is -2.19. The highest BCUT2D eigenvalue weighted by Crippen LogP contribution is 2.61. The van der Waals surface area contributed by atoms with Gasteiger partial charge in [-0.15, -0.1) is 21.5 Å². The van der Waals surface area contributed by atoms with E-state index in [2.05, 4.69) is 10.2 Å². The zero-order valence-corrected chi connectivity index (χ0v) is 22.1. The van der Waals surface area contributed by atoms with Crippen LogP contribution in [-0.4, -0.2) is 65.6 Å². The molecule has 1 saturated carbocycles. The van der Waals surface area contributed by atoms with E-state index >= 15 is 0 Å². The first-order valence-corrected chi connectivity index (χ1v) is 13.0. The topological polar surface area (TPSA) is 75.6 Å². The summed E-state index contributed by atoms with van der Waals surface area (Å²) in [7, 11) is 3.41. The van der Waals surface area contributed by atoms with Gasteiger partial charge in [0, 0.05) is 27.2 Å². The maximum atomic E-state index is 13.2. The second kappa shape index (κ2) is 9.46. The van der Waals surface area contributed by atoms with Crippen molar-refractivity contribution in [1.82, 2.24) is 20.0 Å². The van der Waals surface area contributed by atoms with Crippen LogP contribution in [0.25, 0.3) is 0 Å². The van der Waals surface area contributed by atoms with E-state index in [0.717, 1.165) is 42.4 Å². The Labute approximate surface area is 210 Å². The molecule has 1 saturated heterocycles. The van der Waals surface area contributed by atoms with Gasteiger partial charge in [0.15, 0.2) is 0 Å². The van der Waals surface area contributed by atoms with Gasteiger partial charge in [-0.1, -0.05) is 11.6 Å². The number of halogens is 1. The van der Waals surface area contributed by atoms with Gasteiger partial charge in [-0.25, -0.2) is 0 Å². The molecule has 0 N–H and O–H groups in total. The van der Waals surface area contributed by atoms with Gasteiger partial charge in [0.05, 0.1) is 22.6 Å². The van der Waals surface area contributed by atoms with Crippen molar-refractivity contribution >= 4 is 34.8 Å². The second-order valence-corrected chi connectivity index (χ2v) is 11.9. The number of carbonyl (C=O) groups is 2. The molecule has 1 aliphatic carbocycles. The number of amides is 2. The lowest BCUT2D eigenvalue weighted by Gasteiger charge is -2.37. The Morgan fingerprint density at radius 3 is 2.56 bits per heavy atom. The molecule has 4 rings (SSSR count). The summed E-state index contributed by atoms with van der Waals surface area (Å²) in [5, 5.41) is 10.4. The number of aromatic nitrogens is 2. The smallest absolute Gasteiger partial charge is 0.254 e. The normalized spacial score (nSPS) is 19.2. The van der Waals surface area contributed by atoms with Crippen molar-refractivity contribution in [3.63, 3.8) is 0 Å². The number of ether oxygens (including phenoxy) is 1. The molecule has 2 amide bonds. The molecule has 9 heteroatoms. The second-order valence-electron chi connectivity index (χ2n) is 10.3. The lowest BCUT2D eigenvalue weighted by molar-refractivity contribution is -0.138. The Morgan fingerprint density at radius 2 is 1.97 bits per heavy atom. The summed E-state index contributed by atoms with van der Waals surface area (Å²) in [6.45, 7) is 8.04. The first kappa shape index (κ1) is 24.9. The number of likely N-dealkylation sites (tertiary alicyclic amines) is 1. The maximum Gasteiger partial charge on any atom is 0.254 e. The molecular formula is C25H33ClN4O3S. The van der Waals surface area contributed by atoms with Gasteiger partial charge in [-0.05, 0) is 76.0 Å². The van der Waals surface area contributed by atoms with E-state index in [9.17, 15) is 9.59 Å². The monoisotopic (exact) mass is 504 g/mol. The molecule has 1 aromatic heterocycles. The van der Waals surface area contributed by atoms with Crippen molar-refractivity contribution in [3.8, 4) is 5.75 Å². The average Bonchev–Trinajstić information content (AvgIpc) is 3.24. The number of piperidine rings is 1. The van der Waals surface area contributed by atoms with Crippen LogP contribution in [0.4, 0.5) is 0 Å². The predicted molar refractivity (Wildman–Crippen MR) is 134 cm³/mol. The number of carbonyl (C=O) groups excluding carboxylic acids is 2. The summed E-state index contributed by atoms with van der Waals surface area (Å²) < 4.78 is 5.94. The quantitative estimate of drug-likeness (QED) is 0.551. The van der Waals surface area contributed by atoms with Crippen molar-refractivity contribution < 1.29 is 14.3 Å². The van der Waals surface area contributed by atoms with Gasteiger partial charge in [-0.3, -0.25) is 9.59 Å². The van der Waals surface area contributed by atoms with E-state index in [4.69, 9.17) is 16.3 Å². The molecule has 1 aromatic carbocycles. The van der Waals surface area contributed by atoms with Gasteiger partial charge >= 0.3 is 0 Å². The van der Waals surface area contributed by atoms with E-state index in [0.29, 0.717) is 34.3 Å². The zero-order valence-electron chi connectivity index (χ0n) is 20.6. The Morgan fingerprint density at radius 1 is 1.26 bits per heavy atom. The van der Waals surface area contributed by atoms with E-state index in [1.165, 1.54) is 22.7 Å². The summed E-state index contributed by atoms with van der Waals surface area (Å²) in [5.74, 6) is 1.34. The van der Waals surface area contributed by atoms with E-state index < -0.39 is 5.41 Å². The predicted octanol–water partition coefficient (Wildman–Crippen LogP) is 4.58. The summed E-state index contributed by atoms with van der Waals surface area (Å²) in [6.07, 6.45) is 4.28. The van der Waals surface area contributed by atoms with Gasteiger partial charge < -0.3 is 14.5 Å². The Bertz CT molecular complexity index is 1080. The molecule has 0 radical (unpaired) electrons. The van der Waals surface area contributed by atoms with Crippen LogP contribution in [0.2, 0.25) is 5.02 Å². The van der Waals surface area contributed by atoms with Crippen LogP contribution in [0.15, 0.2) is 18.2 Å². The minimum absolute atomic E-state index is 0.122. The lowest BCUT2D eigenvalue weighted by Crippen LogP contribution is -2.47. The third kappa shape index (κ3) is 4.93. The van der Waals surface area contributed by atoms with Crippen LogP contribution in [0.1, 0.15) is 59.9 Å². The van der Waals surface area contributed by atoms with Gasteiger partial charge in [0.1, 0.15) is 15.8 Å². The molecule has 34 heavy (non-hydrogen) atoms. The number of aryl methyl sites for hydroxylation is 1. The van der Waals surface area contributed by atoms with Crippen LogP contribution in [0, 0.1) is 18.3 Å². The van der Waals surface area contributed by atoms with Crippen molar-refractivity contribution in [3.05, 3.63) is 38.8 Å². The zero-order chi connectivity index (χ0) is 24.7. The highest BCUT2D eigenvalue weighted by atomic mass is 35.5. The van der Waals surface area contributed by atoms with Crippen molar-refractivity contribution in [2.75, 3.05) is 33.8 Å². The third-order valence-electron chi connectivity index (χ3n) is 7.31. The molecular weight excluding hydrogens is 472 g/mol. The first-order valence-electron chi connectivity index (χ1n) is 11.8. The summed E-state index contributed by atoms with van der Waals surface area (Å²) >= 11 is 7.78. The van der Waals surface area contributed by atoms with E-state index in [1.807, 2.05) is 25.7 Å². The van der Waals surface area contributed by atoms with Crippen LogP contribution in [0.5, 0.6) is 5.75 Å². The number of rotatable bonds is 7. The molecule has 2 aromatic rings. The van der Waals surface area contributed by atoms with Crippen LogP contribution >= 0.6 is 22.9 Å². The van der Waals surface area contributed by atoms with Crippen LogP contribution in [-0.2, 0) is 10.2 Å². The minimum atomic E-state index is -0.638. The Balaban J connectivity index is 1.24. The number of hydrogen-bond acceptors (Lipinski definition) is 6. The first-order chi connectivity index (χ1) is 16.0. The third-order valence-corrected chi connectivity index (χ3v) is 8.79. The van der Waals surface area contributed by atoms with Crippen LogP contribution in [0.3, 0.4) is 0 Å². The van der Waals surface area contributed by atoms with E-state index in [1.54, 1.807) is 32.3 Å². The molecule has 1 aliphatic heterocycles. The standard InChI is InChI=1S/C25H33ClN4O3S/c1-16-27-28-22(34-16)24(2,3)23(32)30-11-9-25(10-12-30)15-17(25)8-13-33-18-6-7-19(20(26)14-18)21(31)29(4)5/h6-7,14,17H,8-13,15H2,1-5H3/t17-/m0/s1. The fourth-order valence-electron chi connectivity index (χ4n) is 4.96. The molecule has 184 valence electrons. The molecule has 1 spiro atoms. The SMILES string of the molecule is Cc1nnc(C(C)(C)C(=O)N2CCC3(CC2)C[C@@H]3CCOc2ccc(C(=O)N(C)C)c(Cl)c2)s1. The summed E-state index contributed by atoms with van der Waals surface area (Å²) in [6, 6.07) is 5.23. The van der Waals surface area contributed by atoms with E-state index in [-0.39, 0.29) is 11.8 Å². The molecule has 2 heterocycles. The van der Waals surface area contributed by atoms with Crippen molar-refractivity contribution in [2.24, 2.45) is 11.3 Å². The maximum absolute atomic E-state index is 13.2. The highest BCUT2D eigenvalue weighted by Gasteiger charge is 2.55. The van der Waals surface area contributed by atoms with Crippen LogP contribution < -0.4 is 4.74 Å². The summed E-state index contributed by atoms with van der Waals surface area (Å²) in [5.41, 5.74) is 0.190. The molecule has 7 nitrogen and oxygen atoms in total. The van der Waals surface area contributed by atoms with Gasteiger partial charge in [0.25, 0.3) is 5.91 Å². The highest BCUT2D eigenvalue weighted by molar-refractivity contribution is 7.11. The van der Waals surface area contributed by atoms with Crippen molar-refractivity contribution in [1.29, 1.82) is 0 Å². The molecule has 1 atom stereocenters. The number of hydrogen-bond donors (Lipinski definition) is 0. The summed E-state index contributed by atoms with van der Waals surface area (Å²) in [4.78, 5) is 28.8. The van der Waals surface area contributed by atoms with Crippen molar-refractivity contribution in [2.45, 2.75) is 51.9 Å². The number of benzene rings is 1. The Kier molecular flexibility index (Phi) is 6.93.